The van der Waals surface area contributed by atoms with E-state index in [1.54, 1.807) is 0 Å². The molecule has 0 aromatic heterocycles. The molecule has 0 aliphatic heterocycles. The SMILES string of the molecule is CCCCCCC/C=C\C/C=C\C/C=C\CCCCCCCCCCCCCCCCCCCCCCCCCCC(=O)OC(CO)COC(=O)CCCCCCCCCCCCCCCCCCCCCCCCCCCCCCCCCCCCCC. The third-order valence-corrected chi connectivity index (χ3v) is 19.2. The van der Waals surface area contributed by atoms with Crippen molar-refractivity contribution in [1.82, 2.24) is 0 Å². The second-order valence-electron chi connectivity index (χ2n) is 28.2. The standard InChI is InChI=1S/C84H160O5/c1-3-5-7-9-11-13-15-17-19-21-23-25-27-29-31-33-35-37-39-41-42-43-45-47-49-51-53-55-57-59-61-63-65-67-69-71-73-75-77-79-84(87)89-82(80-85)81-88-83(86)78-76-74-72-70-68-66-64-62-60-58-56-54-52-50-48-46-44-40-38-36-34-32-30-28-26-24-22-20-18-16-14-12-10-8-6-4-2/h15,17,21,23,27,29,82,85H,3-14,16,18-20,22,24-26,28,30-81H2,1-2H3/b17-15-,23-21-,29-27-. The molecule has 526 valence electrons. The number of hydrogen-bond acceptors (Lipinski definition) is 5. The minimum absolute atomic E-state index is 0.0576. The van der Waals surface area contributed by atoms with E-state index in [0.717, 1.165) is 44.9 Å². The highest BCUT2D eigenvalue weighted by Gasteiger charge is 2.16. The molecular weight excluding hydrogens is 1090 g/mol. The summed E-state index contributed by atoms with van der Waals surface area (Å²) in [5.41, 5.74) is 0. The molecule has 0 aromatic carbocycles. The zero-order valence-electron chi connectivity index (χ0n) is 60.7. The zero-order valence-corrected chi connectivity index (χ0v) is 60.7. The maximum atomic E-state index is 12.4. The Labute approximate surface area is 558 Å². The van der Waals surface area contributed by atoms with Crippen molar-refractivity contribution in [2.75, 3.05) is 13.2 Å². The minimum atomic E-state index is -0.769. The van der Waals surface area contributed by atoms with Crippen LogP contribution < -0.4 is 0 Å². The molecule has 0 aliphatic carbocycles. The maximum absolute atomic E-state index is 12.4. The zero-order chi connectivity index (χ0) is 64.0. The van der Waals surface area contributed by atoms with Crippen LogP contribution in [0, 0.1) is 0 Å². The van der Waals surface area contributed by atoms with Crippen molar-refractivity contribution in [3.05, 3.63) is 36.5 Å². The van der Waals surface area contributed by atoms with Crippen LogP contribution in [0.4, 0.5) is 0 Å². The summed E-state index contributed by atoms with van der Waals surface area (Å²) >= 11 is 0. The maximum Gasteiger partial charge on any atom is 0.306 e. The fourth-order valence-electron chi connectivity index (χ4n) is 13.0. The van der Waals surface area contributed by atoms with Crippen LogP contribution in [0.2, 0.25) is 0 Å². The quantitative estimate of drug-likeness (QED) is 0.0373. The van der Waals surface area contributed by atoms with Crippen LogP contribution in [0.5, 0.6) is 0 Å². The van der Waals surface area contributed by atoms with E-state index in [4.69, 9.17) is 9.47 Å². The van der Waals surface area contributed by atoms with Crippen molar-refractivity contribution in [2.45, 2.75) is 476 Å². The van der Waals surface area contributed by atoms with Crippen molar-refractivity contribution < 1.29 is 24.2 Å². The Bertz CT molecular complexity index is 1420. The normalized spacial score (nSPS) is 12.3. The van der Waals surface area contributed by atoms with Crippen molar-refractivity contribution in [1.29, 1.82) is 0 Å². The van der Waals surface area contributed by atoms with Crippen LogP contribution in [0.25, 0.3) is 0 Å². The second kappa shape index (κ2) is 80.4. The number of esters is 2. The first-order valence-corrected chi connectivity index (χ1v) is 41.0. The molecule has 0 aliphatic rings. The number of carbonyl (C=O) groups excluding carboxylic acids is 2. The van der Waals surface area contributed by atoms with E-state index in [0.29, 0.717) is 12.8 Å². The van der Waals surface area contributed by atoms with Gasteiger partial charge in [0, 0.05) is 12.8 Å². The molecular formula is C84H160O5. The highest BCUT2D eigenvalue weighted by Crippen LogP contribution is 2.21. The van der Waals surface area contributed by atoms with Gasteiger partial charge >= 0.3 is 11.9 Å². The minimum Gasteiger partial charge on any atom is -0.462 e. The molecule has 5 heteroatoms. The number of carbonyl (C=O) groups is 2. The highest BCUT2D eigenvalue weighted by molar-refractivity contribution is 5.70. The average molecular weight is 1250 g/mol. The molecule has 5 nitrogen and oxygen atoms in total. The first-order chi connectivity index (χ1) is 44.1. The highest BCUT2D eigenvalue weighted by atomic mass is 16.6. The summed E-state index contributed by atoms with van der Waals surface area (Å²) in [6.07, 6.45) is 108. The van der Waals surface area contributed by atoms with Gasteiger partial charge in [0.2, 0.25) is 0 Å². The van der Waals surface area contributed by atoms with Crippen LogP contribution in [0.15, 0.2) is 36.5 Å². The van der Waals surface area contributed by atoms with Gasteiger partial charge in [-0.2, -0.15) is 0 Å². The molecule has 89 heavy (non-hydrogen) atoms. The fraction of sp³-hybridized carbons (Fsp3) is 0.905. The van der Waals surface area contributed by atoms with E-state index in [1.165, 1.54) is 398 Å². The fourth-order valence-corrected chi connectivity index (χ4v) is 13.0. The van der Waals surface area contributed by atoms with E-state index < -0.39 is 6.10 Å². The summed E-state index contributed by atoms with van der Waals surface area (Å²) in [7, 11) is 0. The molecule has 1 atom stereocenters. The first-order valence-electron chi connectivity index (χ1n) is 41.0. The summed E-state index contributed by atoms with van der Waals surface area (Å²) in [5.74, 6) is -0.560. The van der Waals surface area contributed by atoms with Gasteiger partial charge < -0.3 is 14.6 Å². The molecule has 0 amide bonds. The molecule has 0 aromatic rings. The lowest BCUT2D eigenvalue weighted by Crippen LogP contribution is -2.28. The molecule has 0 rings (SSSR count). The van der Waals surface area contributed by atoms with Gasteiger partial charge in [-0.05, 0) is 51.4 Å². The van der Waals surface area contributed by atoms with Crippen LogP contribution in [0.3, 0.4) is 0 Å². The Balaban J connectivity index is 3.35. The van der Waals surface area contributed by atoms with Gasteiger partial charge in [-0.3, -0.25) is 9.59 Å². The third kappa shape index (κ3) is 78.5. The smallest absolute Gasteiger partial charge is 0.306 e. The summed E-state index contributed by atoms with van der Waals surface area (Å²) < 4.78 is 10.8. The Morgan fingerprint density at radius 1 is 0.258 bits per heavy atom. The van der Waals surface area contributed by atoms with Gasteiger partial charge in [0.05, 0.1) is 6.61 Å². The molecule has 0 saturated heterocycles. The Hall–Kier alpha value is -1.88. The van der Waals surface area contributed by atoms with E-state index >= 15 is 0 Å². The Morgan fingerprint density at radius 3 is 0.674 bits per heavy atom. The summed E-state index contributed by atoms with van der Waals surface area (Å²) in [6.45, 7) is 4.21. The van der Waals surface area contributed by atoms with Gasteiger partial charge in [0.1, 0.15) is 6.61 Å². The number of aliphatic hydroxyl groups excluding tert-OH is 1. The number of allylic oxidation sites excluding steroid dienone is 6. The summed E-state index contributed by atoms with van der Waals surface area (Å²) in [4.78, 5) is 24.7. The van der Waals surface area contributed by atoms with Crippen LogP contribution in [-0.2, 0) is 19.1 Å². The molecule has 0 heterocycles. The monoisotopic (exact) mass is 1250 g/mol. The average Bonchev–Trinajstić information content (AvgIpc) is 3.55. The van der Waals surface area contributed by atoms with E-state index in [-0.39, 0.29) is 25.2 Å². The van der Waals surface area contributed by atoms with Crippen LogP contribution in [0.1, 0.15) is 470 Å². The third-order valence-electron chi connectivity index (χ3n) is 19.2. The number of hydrogen-bond donors (Lipinski definition) is 1. The largest absolute Gasteiger partial charge is 0.462 e. The lowest BCUT2D eigenvalue weighted by atomic mass is 10.0. The van der Waals surface area contributed by atoms with Crippen LogP contribution >= 0.6 is 0 Å². The van der Waals surface area contributed by atoms with Gasteiger partial charge in [0.15, 0.2) is 6.10 Å². The molecule has 0 saturated carbocycles. The van der Waals surface area contributed by atoms with E-state index in [2.05, 4.69) is 50.3 Å². The van der Waals surface area contributed by atoms with Gasteiger partial charge in [0.25, 0.3) is 0 Å². The second-order valence-corrected chi connectivity index (χ2v) is 28.2. The van der Waals surface area contributed by atoms with Crippen molar-refractivity contribution in [3.63, 3.8) is 0 Å². The van der Waals surface area contributed by atoms with E-state index in [9.17, 15) is 14.7 Å². The number of ether oxygens (including phenoxy) is 2. The van der Waals surface area contributed by atoms with Crippen LogP contribution in [-0.4, -0.2) is 36.4 Å². The van der Waals surface area contributed by atoms with Crippen molar-refractivity contribution >= 4 is 11.9 Å². The number of unbranched alkanes of at least 4 members (excludes halogenated alkanes) is 64. The first kappa shape index (κ1) is 87.1. The molecule has 0 radical (unpaired) electrons. The lowest BCUT2D eigenvalue weighted by molar-refractivity contribution is -0.161. The molecule has 0 spiro atoms. The predicted octanol–water partition coefficient (Wildman–Crippen LogP) is 28.8. The van der Waals surface area contributed by atoms with Gasteiger partial charge in [-0.15, -0.1) is 0 Å². The topological polar surface area (TPSA) is 72.8 Å². The van der Waals surface area contributed by atoms with Gasteiger partial charge in [-0.1, -0.05) is 442 Å². The number of rotatable bonds is 78. The predicted molar refractivity (Wildman–Crippen MR) is 394 cm³/mol. The Kier molecular flexibility index (Phi) is 78.7. The van der Waals surface area contributed by atoms with Crippen molar-refractivity contribution in [2.24, 2.45) is 0 Å². The molecule has 1 unspecified atom stereocenters. The lowest BCUT2D eigenvalue weighted by Gasteiger charge is -2.15. The van der Waals surface area contributed by atoms with Crippen molar-refractivity contribution in [3.8, 4) is 0 Å². The van der Waals surface area contributed by atoms with Gasteiger partial charge in [-0.25, -0.2) is 0 Å². The number of aliphatic hydroxyl groups is 1. The summed E-state index contributed by atoms with van der Waals surface area (Å²) in [6, 6.07) is 0. The Morgan fingerprint density at radius 2 is 0.449 bits per heavy atom. The van der Waals surface area contributed by atoms with E-state index in [1.807, 2.05) is 0 Å². The molecule has 0 fully saturated rings. The summed E-state index contributed by atoms with van der Waals surface area (Å²) in [5, 5.41) is 9.73. The molecule has 1 N–H and O–H groups in total. The molecule has 0 bridgehead atoms.